The Labute approximate surface area is 94.7 Å². The average Bonchev–Trinajstić information content (AvgIpc) is 2.78. The Hall–Kier alpha value is -0.700. The van der Waals surface area contributed by atoms with Crippen LogP contribution in [0.2, 0.25) is 0 Å². The highest BCUT2D eigenvalue weighted by Gasteiger charge is 2.24. The molecule has 0 aliphatic heterocycles. The predicted molar refractivity (Wildman–Crippen MR) is 62.5 cm³/mol. The molecule has 0 radical (unpaired) electrons. The second-order valence-corrected chi connectivity index (χ2v) is 5.26. The molecule has 1 aliphatic carbocycles. The number of rotatable bonds is 3. The van der Waals surface area contributed by atoms with Crippen molar-refractivity contribution in [2.45, 2.75) is 44.9 Å². The molecule has 3 heteroatoms. The average molecular weight is 223 g/mol. The third-order valence-electron chi connectivity index (χ3n) is 3.37. The van der Waals surface area contributed by atoms with Gasteiger partial charge in [-0.05, 0) is 18.8 Å². The molecule has 82 valence electrons. The highest BCUT2D eigenvalue weighted by Crippen LogP contribution is 2.38. The van der Waals surface area contributed by atoms with E-state index in [1.165, 1.54) is 37.1 Å². The summed E-state index contributed by atoms with van der Waals surface area (Å²) in [6.45, 7) is 2.27. The van der Waals surface area contributed by atoms with Gasteiger partial charge in [0.1, 0.15) is 5.69 Å². The van der Waals surface area contributed by atoms with Crippen LogP contribution in [0.15, 0.2) is 5.38 Å². The fourth-order valence-corrected chi connectivity index (χ4v) is 3.34. The lowest BCUT2D eigenvalue weighted by atomic mass is 9.80. The molecule has 1 aliphatic rings. The first kappa shape index (κ1) is 10.8. The maximum atomic E-state index is 10.6. The van der Waals surface area contributed by atoms with Crippen LogP contribution >= 0.6 is 11.3 Å². The summed E-state index contributed by atoms with van der Waals surface area (Å²) in [7, 11) is 0. The minimum absolute atomic E-state index is 0.605. The smallest absolute Gasteiger partial charge is 0.169 e. The van der Waals surface area contributed by atoms with Crippen LogP contribution in [0.3, 0.4) is 0 Å². The lowest BCUT2D eigenvalue weighted by Crippen LogP contribution is -2.13. The van der Waals surface area contributed by atoms with Crippen LogP contribution < -0.4 is 0 Å². The second-order valence-electron chi connectivity index (χ2n) is 4.37. The van der Waals surface area contributed by atoms with Crippen LogP contribution in [0.4, 0.5) is 0 Å². The molecule has 1 aromatic rings. The zero-order valence-electron chi connectivity index (χ0n) is 9.11. The molecule has 2 atom stereocenters. The van der Waals surface area contributed by atoms with Crippen molar-refractivity contribution in [3.63, 3.8) is 0 Å². The quantitative estimate of drug-likeness (QED) is 0.732. The molecule has 15 heavy (non-hydrogen) atoms. The molecule has 2 nitrogen and oxygen atoms in total. The normalized spacial score (nSPS) is 26.5. The second kappa shape index (κ2) is 4.88. The van der Waals surface area contributed by atoms with E-state index in [2.05, 4.69) is 11.9 Å². The molecular formula is C12H17NOS. The molecule has 1 saturated carbocycles. The Bertz CT molecular complexity index is 334. The van der Waals surface area contributed by atoms with Gasteiger partial charge in [-0.1, -0.05) is 26.2 Å². The Morgan fingerprint density at radius 1 is 1.60 bits per heavy atom. The van der Waals surface area contributed by atoms with Crippen LogP contribution in [0.25, 0.3) is 0 Å². The SMILES string of the molecule is CCC1CCCC(c2nc(C=O)cs2)C1. The first-order chi connectivity index (χ1) is 7.33. The number of aldehydes is 1. The van der Waals surface area contributed by atoms with Crippen LogP contribution in [0.5, 0.6) is 0 Å². The lowest BCUT2D eigenvalue weighted by molar-refractivity contribution is 0.111. The van der Waals surface area contributed by atoms with Crippen molar-refractivity contribution in [1.82, 2.24) is 4.98 Å². The Morgan fingerprint density at radius 2 is 2.47 bits per heavy atom. The molecule has 0 amide bonds. The van der Waals surface area contributed by atoms with Gasteiger partial charge < -0.3 is 0 Å². The molecule has 0 aromatic carbocycles. The number of carbonyl (C=O) groups is 1. The molecule has 1 heterocycles. The maximum absolute atomic E-state index is 10.6. The topological polar surface area (TPSA) is 30.0 Å². The van der Waals surface area contributed by atoms with Gasteiger partial charge in [-0.3, -0.25) is 4.79 Å². The van der Waals surface area contributed by atoms with E-state index in [1.54, 1.807) is 11.3 Å². The lowest BCUT2D eigenvalue weighted by Gasteiger charge is -2.26. The molecule has 0 spiro atoms. The van der Waals surface area contributed by atoms with Gasteiger partial charge in [0.2, 0.25) is 0 Å². The number of carbonyl (C=O) groups excluding carboxylic acids is 1. The van der Waals surface area contributed by atoms with Gasteiger partial charge in [-0.2, -0.15) is 0 Å². The van der Waals surface area contributed by atoms with E-state index < -0.39 is 0 Å². The molecule has 0 saturated heterocycles. The third kappa shape index (κ3) is 2.46. The van der Waals surface area contributed by atoms with Gasteiger partial charge in [0.25, 0.3) is 0 Å². The van der Waals surface area contributed by atoms with E-state index in [-0.39, 0.29) is 0 Å². The van der Waals surface area contributed by atoms with E-state index in [9.17, 15) is 4.79 Å². The summed E-state index contributed by atoms with van der Waals surface area (Å²) >= 11 is 1.65. The minimum Gasteiger partial charge on any atom is -0.296 e. The van der Waals surface area contributed by atoms with Crippen molar-refractivity contribution < 1.29 is 4.79 Å². The monoisotopic (exact) mass is 223 g/mol. The number of thiazole rings is 1. The van der Waals surface area contributed by atoms with Crippen molar-refractivity contribution in [3.8, 4) is 0 Å². The maximum Gasteiger partial charge on any atom is 0.169 e. The summed E-state index contributed by atoms with van der Waals surface area (Å²) in [5, 5.41) is 3.05. The predicted octanol–water partition coefficient (Wildman–Crippen LogP) is 3.64. The third-order valence-corrected chi connectivity index (χ3v) is 4.40. The molecule has 2 unspecified atom stereocenters. The van der Waals surface area contributed by atoms with Crippen molar-refractivity contribution in [2.75, 3.05) is 0 Å². The van der Waals surface area contributed by atoms with Gasteiger partial charge in [-0.25, -0.2) is 4.98 Å². The largest absolute Gasteiger partial charge is 0.296 e. The zero-order chi connectivity index (χ0) is 10.7. The fourth-order valence-electron chi connectivity index (χ4n) is 2.43. The Kier molecular flexibility index (Phi) is 3.52. The van der Waals surface area contributed by atoms with E-state index in [0.717, 1.165) is 12.2 Å². The van der Waals surface area contributed by atoms with Gasteiger partial charge in [0.15, 0.2) is 6.29 Å². The highest BCUT2D eigenvalue weighted by atomic mass is 32.1. The Morgan fingerprint density at radius 3 is 3.13 bits per heavy atom. The van der Waals surface area contributed by atoms with E-state index in [4.69, 9.17) is 0 Å². The van der Waals surface area contributed by atoms with Crippen LogP contribution in [-0.4, -0.2) is 11.3 Å². The highest BCUT2D eigenvalue weighted by molar-refractivity contribution is 7.09. The van der Waals surface area contributed by atoms with E-state index in [0.29, 0.717) is 11.6 Å². The summed E-state index contributed by atoms with van der Waals surface area (Å²) < 4.78 is 0. The molecule has 0 bridgehead atoms. The van der Waals surface area contributed by atoms with Crippen LogP contribution in [0.1, 0.15) is 60.4 Å². The van der Waals surface area contributed by atoms with Gasteiger partial charge in [0, 0.05) is 11.3 Å². The molecular weight excluding hydrogens is 206 g/mol. The molecule has 2 rings (SSSR count). The first-order valence-electron chi connectivity index (χ1n) is 5.74. The minimum atomic E-state index is 0.605. The van der Waals surface area contributed by atoms with Crippen LogP contribution in [-0.2, 0) is 0 Å². The fraction of sp³-hybridized carbons (Fsp3) is 0.667. The summed E-state index contributed by atoms with van der Waals surface area (Å²) in [4.78, 5) is 14.9. The van der Waals surface area contributed by atoms with Gasteiger partial charge in [0.05, 0.1) is 5.01 Å². The summed E-state index contributed by atoms with van der Waals surface area (Å²) in [6, 6.07) is 0. The van der Waals surface area contributed by atoms with Crippen molar-refractivity contribution in [2.24, 2.45) is 5.92 Å². The van der Waals surface area contributed by atoms with Crippen LogP contribution in [0, 0.1) is 5.92 Å². The number of nitrogens with zero attached hydrogens (tertiary/aromatic N) is 1. The zero-order valence-corrected chi connectivity index (χ0v) is 9.93. The molecule has 0 N–H and O–H groups in total. The number of hydrogen-bond acceptors (Lipinski definition) is 3. The Balaban J connectivity index is 2.06. The summed E-state index contributed by atoms with van der Waals surface area (Å²) in [6.07, 6.45) is 7.34. The van der Waals surface area contributed by atoms with Crippen molar-refractivity contribution in [1.29, 1.82) is 0 Å². The number of aromatic nitrogens is 1. The van der Waals surface area contributed by atoms with Gasteiger partial charge in [-0.15, -0.1) is 11.3 Å². The standard InChI is InChI=1S/C12H17NOS/c1-2-9-4-3-5-10(6-9)12-13-11(7-14)8-15-12/h7-10H,2-6H2,1H3. The summed E-state index contributed by atoms with van der Waals surface area (Å²) in [5.74, 6) is 1.48. The number of hydrogen-bond donors (Lipinski definition) is 0. The summed E-state index contributed by atoms with van der Waals surface area (Å²) in [5.41, 5.74) is 0.605. The van der Waals surface area contributed by atoms with Crippen molar-refractivity contribution in [3.05, 3.63) is 16.1 Å². The molecule has 1 aromatic heterocycles. The van der Waals surface area contributed by atoms with Gasteiger partial charge >= 0.3 is 0 Å². The molecule has 1 fully saturated rings. The van der Waals surface area contributed by atoms with E-state index in [1.807, 2.05) is 5.38 Å². The van der Waals surface area contributed by atoms with E-state index >= 15 is 0 Å². The van der Waals surface area contributed by atoms with Crippen molar-refractivity contribution >= 4 is 17.6 Å². The first-order valence-corrected chi connectivity index (χ1v) is 6.62.